The van der Waals surface area contributed by atoms with Crippen molar-refractivity contribution >= 4 is 11.4 Å². The van der Waals surface area contributed by atoms with Crippen LogP contribution in [-0.4, -0.2) is 19.1 Å². The molecule has 1 aromatic carbocycles. The summed E-state index contributed by atoms with van der Waals surface area (Å²) in [5.41, 5.74) is 2.63. The predicted molar refractivity (Wildman–Crippen MR) is 75.9 cm³/mol. The summed E-state index contributed by atoms with van der Waals surface area (Å²) in [5.74, 6) is 0. The van der Waals surface area contributed by atoms with E-state index in [2.05, 4.69) is 48.3 Å². The van der Waals surface area contributed by atoms with E-state index in [1.807, 2.05) is 0 Å². The van der Waals surface area contributed by atoms with Gasteiger partial charge in [-0.3, -0.25) is 0 Å². The van der Waals surface area contributed by atoms with Crippen LogP contribution in [-0.2, 0) is 0 Å². The van der Waals surface area contributed by atoms with Crippen LogP contribution in [0.4, 0.5) is 11.4 Å². The van der Waals surface area contributed by atoms with Crippen LogP contribution in [0.25, 0.3) is 0 Å². The number of nitrogens with zero attached hydrogens (tertiary/aromatic N) is 1. The van der Waals surface area contributed by atoms with Gasteiger partial charge in [-0.15, -0.1) is 0 Å². The molecule has 1 aromatic rings. The average molecular weight is 232 g/mol. The van der Waals surface area contributed by atoms with Crippen molar-refractivity contribution in [1.82, 2.24) is 0 Å². The van der Waals surface area contributed by atoms with Gasteiger partial charge in [-0.1, -0.05) is 19.4 Å². The highest BCUT2D eigenvalue weighted by Crippen LogP contribution is 2.23. The number of hydrogen-bond acceptors (Lipinski definition) is 2. The standard InChI is InChI=1S/C15H24N2/c1-3-7-13(2)16-14-8-6-9-15(12-14)17-10-4-5-11-17/h6,8-9,12-13,16H,3-5,7,10-11H2,1-2H3. The number of benzene rings is 1. The normalized spacial score (nSPS) is 17.2. The van der Waals surface area contributed by atoms with Crippen molar-refractivity contribution in [3.63, 3.8) is 0 Å². The minimum atomic E-state index is 0.564. The average Bonchev–Trinajstić information content (AvgIpc) is 2.83. The molecule has 2 heteroatoms. The molecule has 0 spiro atoms. The molecule has 0 aromatic heterocycles. The first-order chi connectivity index (χ1) is 8.29. The Bertz CT molecular complexity index is 343. The molecule has 1 unspecified atom stereocenters. The second-order valence-corrected chi connectivity index (χ2v) is 5.08. The Hall–Kier alpha value is -1.18. The van der Waals surface area contributed by atoms with E-state index in [1.165, 1.54) is 50.1 Å². The van der Waals surface area contributed by atoms with Gasteiger partial charge in [0.1, 0.15) is 0 Å². The second kappa shape index (κ2) is 5.95. The summed E-state index contributed by atoms with van der Waals surface area (Å²) in [5, 5.41) is 3.58. The lowest BCUT2D eigenvalue weighted by Gasteiger charge is -2.20. The van der Waals surface area contributed by atoms with E-state index < -0.39 is 0 Å². The van der Waals surface area contributed by atoms with Gasteiger partial charge in [0.15, 0.2) is 0 Å². The maximum absolute atomic E-state index is 3.58. The summed E-state index contributed by atoms with van der Waals surface area (Å²) in [6.45, 7) is 6.92. The molecule has 0 saturated carbocycles. The van der Waals surface area contributed by atoms with Gasteiger partial charge in [0.2, 0.25) is 0 Å². The lowest BCUT2D eigenvalue weighted by atomic mass is 10.2. The Morgan fingerprint density at radius 3 is 2.76 bits per heavy atom. The van der Waals surface area contributed by atoms with Crippen molar-refractivity contribution in [1.29, 1.82) is 0 Å². The van der Waals surface area contributed by atoms with Gasteiger partial charge < -0.3 is 10.2 Å². The molecule has 0 amide bonds. The van der Waals surface area contributed by atoms with Crippen LogP contribution in [0.2, 0.25) is 0 Å². The van der Waals surface area contributed by atoms with Gasteiger partial charge in [0, 0.05) is 30.5 Å². The number of rotatable bonds is 5. The van der Waals surface area contributed by atoms with E-state index >= 15 is 0 Å². The van der Waals surface area contributed by atoms with E-state index in [0.717, 1.165) is 0 Å². The van der Waals surface area contributed by atoms with Crippen LogP contribution in [0, 0.1) is 0 Å². The number of anilines is 2. The van der Waals surface area contributed by atoms with Crippen LogP contribution in [0.15, 0.2) is 24.3 Å². The smallest absolute Gasteiger partial charge is 0.0386 e. The minimum absolute atomic E-state index is 0.564. The van der Waals surface area contributed by atoms with Crippen molar-refractivity contribution in [3.8, 4) is 0 Å². The molecular formula is C15H24N2. The lowest BCUT2D eigenvalue weighted by molar-refractivity contribution is 0.690. The first-order valence-electron chi connectivity index (χ1n) is 6.91. The van der Waals surface area contributed by atoms with Crippen molar-refractivity contribution in [2.24, 2.45) is 0 Å². The van der Waals surface area contributed by atoms with E-state index in [9.17, 15) is 0 Å². The van der Waals surface area contributed by atoms with Crippen molar-refractivity contribution in [2.75, 3.05) is 23.3 Å². The third kappa shape index (κ3) is 3.39. The van der Waals surface area contributed by atoms with Gasteiger partial charge >= 0.3 is 0 Å². The van der Waals surface area contributed by atoms with E-state index in [1.54, 1.807) is 0 Å². The Kier molecular flexibility index (Phi) is 4.29. The topological polar surface area (TPSA) is 15.3 Å². The summed E-state index contributed by atoms with van der Waals surface area (Å²) >= 11 is 0. The summed E-state index contributed by atoms with van der Waals surface area (Å²) in [4.78, 5) is 2.48. The van der Waals surface area contributed by atoms with Gasteiger partial charge in [-0.25, -0.2) is 0 Å². The summed E-state index contributed by atoms with van der Waals surface area (Å²) in [6.07, 6.45) is 5.14. The first-order valence-corrected chi connectivity index (χ1v) is 6.91. The predicted octanol–water partition coefficient (Wildman–Crippen LogP) is 3.89. The molecule has 1 atom stereocenters. The SMILES string of the molecule is CCCC(C)Nc1cccc(N2CCCC2)c1. The molecule has 2 nitrogen and oxygen atoms in total. The maximum atomic E-state index is 3.58. The highest BCUT2D eigenvalue weighted by Gasteiger charge is 2.12. The molecule has 1 fully saturated rings. The third-order valence-electron chi connectivity index (χ3n) is 3.45. The minimum Gasteiger partial charge on any atom is -0.383 e. The molecule has 1 aliphatic heterocycles. The molecule has 0 aliphatic carbocycles. The number of hydrogen-bond donors (Lipinski definition) is 1. The zero-order valence-corrected chi connectivity index (χ0v) is 11.1. The molecule has 1 N–H and O–H groups in total. The van der Waals surface area contributed by atoms with Gasteiger partial charge in [-0.05, 0) is 44.4 Å². The zero-order chi connectivity index (χ0) is 12.1. The van der Waals surface area contributed by atoms with E-state index in [0.29, 0.717) is 6.04 Å². The highest BCUT2D eigenvalue weighted by atomic mass is 15.1. The molecule has 0 radical (unpaired) electrons. The molecule has 1 heterocycles. The van der Waals surface area contributed by atoms with E-state index in [-0.39, 0.29) is 0 Å². The fourth-order valence-electron chi connectivity index (χ4n) is 2.56. The fourth-order valence-corrected chi connectivity index (χ4v) is 2.56. The largest absolute Gasteiger partial charge is 0.383 e. The Balaban J connectivity index is 2.00. The van der Waals surface area contributed by atoms with Crippen molar-refractivity contribution in [2.45, 2.75) is 45.6 Å². The van der Waals surface area contributed by atoms with Crippen molar-refractivity contribution < 1.29 is 0 Å². The molecule has 1 saturated heterocycles. The molecule has 0 bridgehead atoms. The third-order valence-corrected chi connectivity index (χ3v) is 3.45. The van der Waals surface area contributed by atoms with E-state index in [4.69, 9.17) is 0 Å². The summed E-state index contributed by atoms with van der Waals surface area (Å²) in [6, 6.07) is 9.41. The quantitative estimate of drug-likeness (QED) is 0.828. The zero-order valence-electron chi connectivity index (χ0n) is 11.1. The maximum Gasteiger partial charge on any atom is 0.0386 e. The second-order valence-electron chi connectivity index (χ2n) is 5.08. The molecule has 2 rings (SSSR count). The Morgan fingerprint density at radius 2 is 2.06 bits per heavy atom. The monoisotopic (exact) mass is 232 g/mol. The Labute approximate surface area is 105 Å². The van der Waals surface area contributed by atoms with Crippen LogP contribution in [0.3, 0.4) is 0 Å². The number of nitrogens with one attached hydrogen (secondary N) is 1. The van der Waals surface area contributed by atoms with Crippen molar-refractivity contribution in [3.05, 3.63) is 24.3 Å². The van der Waals surface area contributed by atoms with Gasteiger partial charge in [0.05, 0.1) is 0 Å². The van der Waals surface area contributed by atoms with Crippen LogP contribution < -0.4 is 10.2 Å². The van der Waals surface area contributed by atoms with Gasteiger partial charge in [0.25, 0.3) is 0 Å². The molecule has 94 valence electrons. The lowest BCUT2D eigenvalue weighted by Crippen LogP contribution is -2.18. The van der Waals surface area contributed by atoms with Crippen LogP contribution >= 0.6 is 0 Å². The Morgan fingerprint density at radius 1 is 1.29 bits per heavy atom. The summed E-state index contributed by atoms with van der Waals surface area (Å²) < 4.78 is 0. The first kappa shape index (κ1) is 12.3. The summed E-state index contributed by atoms with van der Waals surface area (Å²) in [7, 11) is 0. The molecule has 1 aliphatic rings. The fraction of sp³-hybridized carbons (Fsp3) is 0.600. The molecular weight excluding hydrogens is 208 g/mol. The molecule has 17 heavy (non-hydrogen) atoms. The highest BCUT2D eigenvalue weighted by molar-refractivity contribution is 5.58. The van der Waals surface area contributed by atoms with Crippen LogP contribution in [0.1, 0.15) is 39.5 Å². The van der Waals surface area contributed by atoms with Gasteiger partial charge in [-0.2, -0.15) is 0 Å². The van der Waals surface area contributed by atoms with Crippen LogP contribution in [0.5, 0.6) is 0 Å².